The van der Waals surface area contributed by atoms with Gasteiger partial charge in [-0.15, -0.1) is 5.10 Å². The highest BCUT2D eigenvalue weighted by Crippen LogP contribution is 2.20. The molecule has 1 atom stereocenters. The van der Waals surface area contributed by atoms with Crippen LogP contribution in [0, 0.1) is 5.92 Å². The van der Waals surface area contributed by atoms with Gasteiger partial charge in [0.2, 0.25) is 5.91 Å². The molecule has 0 saturated carbocycles. The Hall–Kier alpha value is -3.03. The van der Waals surface area contributed by atoms with Gasteiger partial charge in [-0.1, -0.05) is 26.5 Å². The Bertz CT molecular complexity index is 802. The summed E-state index contributed by atoms with van der Waals surface area (Å²) in [4.78, 5) is 28.7. The Labute approximate surface area is 152 Å². The second-order valence-electron chi connectivity index (χ2n) is 6.60. The summed E-state index contributed by atoms with van der Waals surface area (Å²) in [6, 6.07) is 7.17. The lowest BCUT2D eigenvalue weighted by molar-refractivity contribution is -0.131. The first-order valence-electron chi connectivity index (χ1n) is 8.57. The van der Waals surface area contributed by atoms with Crippen molar-refractivity contribution in [3.63, 3.8) is 0 Å². The van der Waals surface area contributed by atoms with Crippen molar-refractivity contribution in [2.45, 2.75) is 19.9 Å². The molecule has 1 aromatic heterocycles. The van der Waals surface area contributed by atoms with E-state index < -0.39 is 0 Å². The molecule has 2 amide bonds. The van der Waals surface area contributed by atoms with Gasteiger partial charge in [0.25, 0.3) is 5.91 Å². The topological polar surface area (TPSA) is 84.2 Å². The van der Waals surface area contributed by atoms with Gasteiger partial charge in [-0.3, -0.25) is 9.59 Å². The standard InChI is InChI=1S/C18H22N6O2/c1-4-17(25)23-9-8-22(11-16(23)13(2)3)18(26)14-6-5-7-15(10-14)24-12-19-20-21-24/h4-7,10,12-13,16H,1,8-9,11H2,2-3H3/t16-/m1/s1. The smallest absolute Gasteiger partial charge is 0.254 e. The third kappa shape index (κ3) is 3.49. The van der Waals surface area contributed by atoms with Gasteiger partial charge in [0.05, 0.1) is 11.7 Å². The van der Waals surface area contributed by atoms with Crippen molar-refractivity contribution in [1.29, 1.82) is 0 Å². The molecule has 0 N–H and O–H groups in total. The molecule has 0 bridgehead atoms. The lowest BCUT2D eigenvalue weighted by Gasteiger charge is -2.43. The van der Waals surface area contributed by atoms with E-state index in [1.807, 2.05) is 12.1 Å². The molecule has 8 nitrogen and oxygen atoms in total. The molecule has 1 saturated heterocycles. The minimum absolute atomic E-state index is 0.0269. The summed E-state index contributed by atoms with van der Waals surface area (Å²) < 4.78 is 1.51. The van der Waals surface area contributed by atoms with Gasteiger partial charge in [-0.05, 0) is 40.6 Å². The largest absolute Gasteiger partial charge is 0.335 e. The van der Waals surface area contributed by atoms with Crippen LogP contribution in [0.15, 0.2) is 43.2 Å². The lowest BCUT2D eigenvalue weighted by atomic mass is 9.98. The number of hydrogen-bond acceptors (Lipinski definition) is 5. The molecule has 1 aliphatic rings. The Balaban J connectivity index is 1.79. The van der Waals surface area contributed by atoms with E-state index in [2.05, 4.69) is 36.0 Å². The fourth-order valence-electron chi connectivity index (χ4n) is 3.20. The molecule has 0 radical (unpaired) electrons. The van der Waals surface area contributed by atoms with Crippen molar-refractivity contribution in [3.8, 4) is 5.69 Å². The molecule has 8 heteroatoms. The van der Waals surface area contributed by atoms with E-state index in [9.17, 15) is 9.59 Å². The van der Waals surface area contributed by atoms with Gasteiger partial charge >= 0.3 is 0 Å². The maximum Gasteiger partial charge on any atom is 0.254 e. The first-order chi connectivity index (χ1) is 12.5. The summed E-state index contributed by atoms with van der Waals surface area (Å²) in [6.45, 7) is 9.19. The highest BCUT2D eigenvalue weighted by atomic mass is 16.2. The summed E-state index contributed by atoms with van der Waals surface area (Å²) in [5, 5.41) is 11.1. The molecule has 0 unspecified atom stereocenters. The Morgan fingerprint density at radius 3 is 2.77 bits per heavy atom. The number of hydrogen-bond donors (Lipinski definition) is 0. The van der Waals surface area contributed by atoms with Crippen LogP contribution in [0.4, 0.5) is 0 Å². The van der Waals surface area contributed by atoms with Gasteiger partial charge in [-0.2, -0.15) is 0 Å². The zero-order valence-electron chi connectivity index (χ0n) is 14.9. The van der Waals surface area contributed by atoms with E-state index in [1.54, 1.807) is 21.9 Å². The first kappa shape index (κ1) is 17.8. The number of nitrogens with zero attached hydrogens (tertiary/aromatic N) is 6. The van der Waals surface area contributed by atoms with Crippen molar-refractivity contribution in [3.05, 3.63) is 48.8 Å². The van der Waals surface area contributed by atoms with E-state index >= 15 is 0 Å². The Morgan fingerprint density at radius 1 is 1.31 bits per heavy atom. The summed E-state index contributed by atoms with van der Waals surface area (Å²) in [6.07, 6.45) is 2.82. The molecule has 2 aromatic rings. The predicted molar refractivity (Wildman–Crippen MR) is 95.6 cm³/mol. The highest BCUT2D eigenvalue weighted by Gasteiger charge is 2.33. The van der Waals surface area contributed by atoms with E-state index in [0.717, 1.165) is 5.69 Å². The van der Waals surface area contributed by atoms with Crippen LogP contribution in [-0.2, 0) is 4.79 Å². The molecule has 136 valence electrons. The normalized spacial score (nSPS) is 17.4. The number of tetrazole rings is 1. The summed E-state index contributed by atoms with van der Waals surface area (Å²) in [7, 11) is 0. The van der Waals surface area contributed by atoms with Crippen LogP contribution in [0.1, 0.15) is 24.2 Å². The van der Waals surface area contributed by atoms with Crippen LogP contribution in [0.3, 0.4) is 0 Å². The van der Waals surface area contributed by atoms with E-state index in [-0.39, 0.29) is 23.8 Å². The van der Waals surface area contributed by atoms with Gasteiger partial charge in [-0.25, -0.2) is 4.68 Å². The van der Waals surface area contributed by atoms with E-state index in [0.29, 0.717) is 25.2 Å². The zero-order chi connectivity index (χ0) is 18.7. The number of rotatable bonds is 4. The molecule has 26 heavy (non-hydrogen) atoms. The average molecular weight is 354 g/mol. The maximum absolute atomic E-state index is 13.0. The summed E-state index contributed by atoms with van der Waals surface area (Å²) >= 11 is 0. The lowest BCUT2D eigenvalue weighted by Crippen LogP contribution is -2.58. The SMILES string of the molecule is C=CC(=O)N1CCN(C(=O)c2cccc(-n3cnnn3)c2)C[C@@H]1C(C)C. The van der Waals surface area contributed by atoms with Crippen LogP contribution in [0.25, 0.3) is 5.69 Å². The molecule has 2 heterocycles. The number of piperazine rings is 1. The molecule has 1 fully saturated rings. The minimum Gasteiger partial charge on any atom is -0.335 e. The molecule has 0 spiro atoms. The quantitative estimate of drug-likeness (QED) is 0.769. The fraction of sp³-hybridized carbons (Fsp3) is 0.389. The number of benzene rings is 1. The first-order valence-corrected chi connectivity index (χ1v) is 8.57. The molecule has 3 rings (SSSR count). The third-order valence-electron chi connectivity index (χ3n) is 4.64. The van der Waals surface area contributed by atoms with Gasteiger partial charge < -0.3 is 9.80 Å². The van der Waals surface area contributed by atoms with Crippen LogP contribution in [0.2, 0.25) is 0 Å². The molecular formula is C18H22N6O2. The monoisotopic (exact) mass is 354 g/mol. The van der Waals surface area contributed by atoms with Crippen molar-refractivity contribution in [1.82, 2.24) is 30.0 Å². The van der Waals surface area contributed by atoms with Crippen LogP contribution < -0.4 is 0 Å². The zero-order valence-corrected chi connectivity index (χ0v) is 14.9. The van der Waals surface area contributed by atoms with Crippen LogP contribution in [-0.4, -0.2) is 67.5 Å². The molecular weight excluding hydrogens is 332 g/mol. The van der Waals surface area contributed by atoms with E-state index in [4.69, 9.17) is 0 Å². The highest BCUT2D eigenvalue weighted by molar-refractivity contribution is 5.95. The van der Waals surface area contributed by atoms with Crippen molar-refractivity contribution in [2.75, 3.05) is 19.6 Å². The van der Waals surface area contributed by atoms with Gasteiger partial charge in [0.1, 0.15) is 6.33 Å². The van der Waals surface area contributed by atoms with Gasteiger partial charge in [0, 0.05) is 25.2 Å². The Kier molecular flexibility index (Phi) is 5.11. The average Bonchev–Trinajstić information content (AvgIpc) is 3.21. The third-order valence-corrected chi connectivity index (χ3v) is 4.64. The molecule has 1 aromatic carbocycles. The predicted octanol–water partition coefficient (Wildman–Crippen LogP) is 1.16. The van der Waals surface area contributed by atoms with Crippen LogP contribution in [0.5, 0.6) is 0 Å². The number of amides is 2. The fourth-order valence-corrected chi connectivity index (χ4v) is 3.20. The number of aromatic nitrogens is 4. The minimum atomic E-state index is -0.0866. The molecule has 1 aliphatic heterocycles. The van der Waals surface area contributed by atoms with Crippen molar-refractivity contribution in [2.24, 2.45) is 5.92 Å². The van der Waals surface area contributed by atoms with Crippen molar-refractivity contribution >= 4 is 11.8 Å². The maximum atomic E-state index is 13.0. The molecule has 0 aliphatic carbocycles. The summed E-state index contributed by atoms with van der Waals surface area (Å²) in [5.74, 6) is 0.0924. The van der Waals surface area contributed by atoms with Crippen molar-refractivity contribution < 1.29 is 9.59 Å². The Morgan fingerprint density at radius 2 is 2.12 bits per heavy atom. The van der Waals surface area contributed by atoms with Crippen LogP contribution >= 0.6 is 0 Å². The van der Waals surface area contributed by atoms with Gasteiger partial charge in [0.15, 0.2) is 0 Å². The number of carbonyl (C=O) groups excluding carboxylic acids is 2. The van der Waals surface area contributed by atoms with E-state index in [1.165, 1.54) is 17.1 Å². The number of carbonyl (C=O) groups is 2. The second-order valence-corrected chi connectivity index (χ2v) is 6.60. The summed E-state index contributed by atoms with van der Waals surface area (Å²) in [5.41, 5.74) is 1.30. The second kappa shape index (κ2) is 7.47.